The Labute approximate surface area is 412 Å². The van der Waals surface area contributed by atoms with E-state index in [-0.39, 0.29) is 52.1 Å². The Hall–Kier alpha value is -6.40. The van der Waals surface area contributed by atoms with Gasteiger partial charge in [0.2, 0.25) is 0 Å². The minimum atomic E-state index is -1.40. The Bertz CT molecular complexity index is 1600. The van der Waals surface area contributed by atoms with E-state index >= 15 is 0 Å². The largest absolute Gasteiger partial charge is 0.466 e. The predicted molar refractivity (Wildman–Crippen MR) is 237 cm³/mol. The van der Waals surface area contributed by atoms with Crippen molar-refractivity contribution in [2.45, 2.75) is 169 Å². The van der Waals surface area contributed by atoms with Crippen LogP contribution >= 0.6 is 0 Å². The Morgan fingerprint density at radius 1 is 0.268 bits per heavy atom. The van der Waals surface area contributed by atoms with Crippen LogP contribution in [-0.4, -0.2) is 161 Å². The molecule has 25 heteroatoms. The average Bonchev–Trinajstić information content (AvgIpc) is 3.26. The van der Waals surface area contributed by atoms with E-state index in [0.717, 1.165) is 0 Å². The van der Waals surface area contributed by atoms with Crippen LogP contribution in [0.5, 0.6) is 0 Å². The Morgan fingerprint density at radius 2 is 0.479 bits per heavy atom. The highest BCUT2D eigenvalue weighted by Gasteiger charge is 2.25. The summed E-state index contributed by atoms with van der Waals surface area (Å²) in [6, 6.07) is 0. The van der Waals surface area contributed by atoms with Gasteiger partial charge in [-0.05, 0) is 55.4 Å². The van der Waals surface area contributed by atoms with Gasteiger partial charge in [0.25, 0.3) is 0 Å². The lowest BCUT2D eigenvalue weighted by Crippen LogP contribution is -2.34. The van der Waals surface area contributed by atoms with E-state index < -0.39 is 186 Å². The molecule has 404 valence electrons. The molecule has 0 fully saturated rings. The van der Waals surface area contributed by atoms with E-state index in [1.165, 1.54) is 27.7 Å². The second kappa shape index (κ2) is 38.4. The van der Waals surface area contributed by atoms with Crippen LogP contribution < -0.4 is 0 Å². The zero-order valence-corrected chi connectivity index (χ0v) is 41.8. The quantitative estimate of drug-likeness (QED) is 0.0633. The van der Waals surface area contributed by atoms with E-state index in [2.05, 4.69) is 0 Å². The van der Waals surface area contributed by atoms with Crippen molar-refractivity contribution in [2.24, 2.45) is 0 Å². The maximum atomic E-state index is 12.9. The van der Waals surface area contributed by atoms with E-state index in [1.807, 2.05) is 0 Å². The summed E-state index contributed by atoms with van der Waals surface area (Å²) in [6.07, 6.45) is -11.0. The van der Waals surface area contributed by atoms with Crippen molar-refractivity contribution < 1.29 is 119 Å². The molecule has 6 atom stereocenters. The lowest BCUT2D eigenvalue weighted by Gasteiger charge is -2.21. The second-order valence-electron chi connectivity index (χ2n) is 15.4. The Balaban J connectivity index is 5.89. The molecule has 0 amide bonds. The van der Waals surface area contributed by atoms with Crippen molar-refractivity contribution in [1.29, 1.82) is 0 Å². The Morgan fingerprint density at radius 3 is 0.704 bits per heavy atom. The van der Waals surface area contributed by atoms with Gasteiger partial charge in [0.05, 0.1) is 117 Å². The molecule has 0 aliphatic heterocycles. The van der Waals surface area contributed by atoms with Gasteiger partial charge < -0.3 is 61.6 Å². The van der Waals surface area contributed by atoms with E-state index in [9.17, 15) is 57.5 Å². The van der Waals surface area contributed by atoms with Crippen molar-refractivity contribution in [3.8, 4) is 0 Å². The third kappa shape index (κ3) is 36.2. The first-order valence-electron chi connectivity index (χ1n) is 23.3. The second-order valence-corrected chi connectivity index (χ2v) is 15.4. The summed E-state index contributed by atoms with van der Waals surface area (Å²) in [7, 11) is 0. The van der Waals surface area contributed by atoms with Crippen molar-refractivity contribution in [1.82, 2.24) is 0 Å². The number of carbonyl (C=O) groups excluding carboxylic acids is 12. The van der Waals surface area contributed by atoms with Crippen molar-refractivity contribution in [2.75, 3.05) is 52.9 Å². The number of hydrogen-bond donors (Lipinski definition) is 0. The first kappa shape index (κ1) is 64.6. The lowest BCUT2D eigenvalue weighted by molar-refractivity contribution is -0.170. The summed E-state index contributed by atoms with van der Waals surface area (Å²) >= 11 is 0. The fourth-order valence-corrected chi connectivity index (χ4v) is 5.50. The molecular weight excluding hydrogens is 952 g/mol. The normalized spacial score (nSPS) is 13.2. The zero-order chi connectivity index (χ0) is 53.7. The summed E-state index contributed by atoms with van der Waals surface area (Å²) in [6.45, 7) is 10.3. The van der Waals surface area contributed by atoms with Gasteiger partial charge in [0.1, 0.15) is 37.6 Å². The van der Waals surface area contributed by atoms with Crippen molar-refractivity contribution in [3.05, 3.63) is 0 Å². The van der Waals surface area contributed by atoms with Gasteiger partial charge in [-0.3, -0.25) is 57.5 Å². The first-order valence-corrected chi connectivity index (χ1v) is 23.3. The number of hydrogen-bond acceptors (Lipinski definition) is 25. The maximum Gasteiger partial charge on any atom is 0.309 e. The molecule has 0 aromatic carbocycles. The number of rotatable bonds is 38. The molecule has 0 aromatic rings. The molecule has 0 spiro atoms. The summed E-state index contributed by atoms with van der Waals surface area (Å²) in [5, 5.41) is 0. The van der Waals surface area contributed by atoms with Gasteiger partial charge in [0, 0.05) is 0 Å². The lowest BCUT2D eigenvalue weighted by atomic mass is 10.2. The van der Waals surface area contributed by atoms with E-state index in [4.69, 9.17) is 61.6 Å². The zero-order valence-electron chi connectivity index (χ0n) is 41.8. The minimum absolute atomic E-state index is 0.121. The third-order valence-corrected chi connectivity index (χ3v) is 8.57. The van der Waals surface area contributed by atoms with Crippen molar-refractivity contribution in [3.63, 3.8) is 0 Å². The van der Waals surface area contributed by atoms with Crippen LogP contribution in [0, 0.1) is 0 Å². The van der Waals surface area contributed by atoms with Crippen LogP contribution in [-0.2, 0) is 119 Å². The van der Waals surface area contributed by atoms with E-state index in [1.54, 1.807) is 27.7 Å². The van der Waals surface area contributed by atoms with Gasteiger partial charge in [-0.2, -0.15) is 0 Å². The predicted octanol–water partition coefficient (Wildman–Crippen LogP) is 2.57. The minimum Gasteiger partial charge on any atom is -0.466 e. The molecule has 0 heterocycles. The first-order chi connectivity index (χ1) is 33.6. The topological polar surface area (TPSA) is 325 Å². The molecule has 25 nitrogen and oxygen atoms in total. The van der Waals surface area contributed by atoms with Gasteiger partial charge in [0.15, 0.2) is 12.2 Å². The monoisotopic (exact) mass is 1020 g/mol. The standard InChI is InChI=1S/C46H70O25/c1-9-60-43(55)21-29(5)66-37(49)15-13-35(47)64-27-33(70-41(53)19-17-39(51)68-31(7)23-45(57)62-11-3)25-59-26-34(71-42(54)20-18-40(52)69-32(8)24-46(58)63-12-4)28-65-36(48)14-16-38(50)67-30(6)22-44(56)61-10-2/h29-34H,9-28H2,1-8H3. The van der Waals surface area contributed by atoms with Gasteiger partial charge in [-0.25, -0.2) is 0 Å². The molecule has 0 bridgehead atoms. The van der Waals surface area contributed by atoms with Gasteiger partial charge >= 0.3 is 71.6 Å². The summed E-state index contributed by atoms with van der Waals surface area (Å²) in [5.41, 5.74) is 0. The molecule has 0 radical (unpaired) electrons. The average molecular weight is 1020 g/mol. The molecule has 0 aliphatic rings. The SMILES string of the molecule is CCOC(=O)CC(C)OC(=O)CCC(=O)OCC(COCC(COC(=O)CCC(=O)OC(C)CC(=O)OCC)OC(=O)CCC(=O)OC(C)CC(=O)OCC)OC(=O)CCC(=O)OC(C)CC(=O)OCC. The van der Waals surface area contributed by atoms with Crippen LogP contribution in [0.2, 0.25) is 0 Å². The number of ether oxygens (including phenoxy) is 13. The summed E-state index contributed by atoms with van der Waals surface area (Å²) in [4.78, 5) is 147. The Kier molecular flexibility index (Phi) is 34.9. The highest BCUT2D eigenvalue weighted by Crippen LogP contribution is 2.11. The highest BCUT2D eigenvalue weighted by atomic mass is 16.6. The van der Waals surface area contributed by atoms with Crippen LogP contribution in [0.25, 0.3) is 0 Å². The number of carbonyl (C=O) groups is 12. The summed E-state index contributed by atoms with van der Waals surface area (Å²) in [5.74, 6) is -9.58. The van der Waals surface area contributed by atoms with Crippen LogP contribution in [0.3, 0.4) is 0 Å². The van der Waals surface area contributed by atoms with Crippen LogP contribution in [0.15, 0.2) is 0 Å². The summed E-state index contributed by atoms with van der Waals surface area (Å²) < 4.78 is 66.6. The third-order valence-electron chi connectivity index (χ3n) is 8.57. The van der Waals surface area contributed by atoms with Gasteiger partial charge in [-0.1, -0.05) is 0 Å². The van der Waals surface area contributed by atoms with Crippen LogP contribution in [0.4, 0.5) is 0 Å². The molecule has 0 saturated heterocycles. The van der Waals surface area contributed by atoms with Gasteiger partial charge in [-0.15, -0.1) is 0 Å². The van der Waals surface area contributed by atoms with E-state index in [0.29, 0.717) is 0 Å². The smallest absolute Gasteiger partial charge is 0.309 e. The molecule has 0 N–H and O–H groups in total. The molecule has 0 saturated carbocycles. The van der Waals surface area contributed by atoms with Crippen molar-refractivity contribution >= 4 is 71.6 Å². The fraction of sp³-hybridized carbons (Fsp3) is 0.739. The molecule has 6 unspecified atom stereocenters. The molecular formula is C46H70O25. The fourth-order valence-electron chi connectivity index (χ4n) is 5.50. The molecule has 0 rings (SSSR count). The van der Waals surface area contributed by atoms with Crippen LogP contribution in [0.1, 0.15) is 132 Å². The molecule has 0 aromatic heterocycles. The maximum absolute atomic E-state index is 12.9. The molecule has 0 aliphatic carbocycles. The number of esters is 12. The highest BCUT2D eigenvalue weighted by molar-refractivity contribution is 5.81. The molecule has 71 heavy (non-hydrogen) atoms.